The first-order valence-corrected chi connectivity index (χ1v) is 8.20. The van der Waals surface area contributed by atoms with Gasteiger partial charge in [0.15, 0.2) is 0 Å². The standard InChI is InChI=1S/C17H13Br2NO/c18-12-6-8-15(19)14(9-12)17(21)10-13-7-5-11-3-1-2-4-16(11)20-13/h1-9,17,21H,10H2. The Balaban J connectivity index is 1.88. The second-order valence-electron chi connectivity index (χ2n) is 4.88. The Morgan fingerprint density at radius 1 is 1.00 bits per heavy atom. The van der Waals surface area contributed by atoms with Gasteiger partial charge in [0.25, 0.3) is 0 Å². The predicted octanol–water partition coefficient (Wildman–Crippen LogP) is 5.04. The average molecular weight is 407 g/mol. The van der Waals surface area contributed by atoms with Crippen LogP contribution in [0.4, 0.5) is 0 Å². The summed E-state index contributed by atoms with van der Waals surface area (Å²) in [6.07, 6.45) is -0.106. The Morgan fingerprint density at radius 2 is 1.81 bits per heavy atom. The van der Waals surface area contributed by atoms with Crippen molar-refractivity contribution >= 4 is 42.8 Å². The molecule has 3 rings (SSSR count). The number of aliphatic hydroxyl groups excluding tert-OH is 1. The number of hydrogen-bond acceptors (Lipinski definition) is 2. The topological polar surface area (TPSA) is 33.1 Å². The fourth-order valence-electron chi connectivity index (χ4n) is 2.30. The SMILES string of the molecule is OC(Cc1ccc2ccccc2n1)c1cc(Br)ccc1Br. The van der Waals surface area contributed by atoms with E-state index in [2.05, 4.69) is 36.8 Å². The van der Waals surface area contributed by atoms with Crippen LogP contribution in [0.2, 0.25) is 0 Å². The molecule has 0 spiro atoms. The smallest absolute Gasteiger partial charge is 0.0856 e. The molecule has 21 heavy (non-hydrogen) atoms. The van der Waals surface area contributed by atoms with E-state index < -0.39 is 6.10 Å². The van der Waals surface area contributed by atoms with Crippen molar-refractivity contribution in [1.82, 2.24) is 4.98 Å². The lowest BCUT2D eigenvalue weighted by Crippen LogP contribution is -2.04. The number of aromatic nitrogens is 1. The maximum absolute atomic E-state index is 10.5. The van der Waals surface area contributed by atoms with E-state index in [0.717, 1.165) is 31.1 Å². The van der Waals surface area contributed by atoms with Crippen molar-refractivity contribution in [2.45, 2.75) is 12.5 Å². The van der Waals surface area contributed by atoms with Crippen molar-refractivity contribution in [3.05, 3.63) is 74.8 Å². The Bertz CT molecular complexity index is 789. The van der Waals surface area contributed by atoms with Gasteiger partial charge in [-0.2, -0.15) is 0 Å². The minimum absolute atomic E-state index is 0.486. The summed E-state index contributed by atoms with van der Waals surface area (Å²) in [6.45, 7) is 0. The second-order valence-corrected chi connectivity index (χ2v) is 6.65. The van der Waals surface area contributed by atoms with Crippen molar-refractivity contribution < 1.29 is 5.11 Å². The number of fused-ring (bicyclic) bond motifs is 1. The number of halogens is 2. The number of rotatable bonds is 3. The maximum atomic E-state index is 10.5. The minimum atomic E-state index is -0.592. The van der Waals surface area contributed by atoms with Gasteiger partial charge in [0.05, 0.1) is 11.6 Å². The molecular formula is C17H13Br2NO. The second kappa shape index (κ2) is 6.26. The number of para-hydroxylation sites is 1. The molecule has 0 fully saturated rings. The van der Waals surface area contributed by atoms with Crippen LogP contribution in [-0.2, 0) is 6.42 Å². The van der Waals surface area contributed by atoms with Gasteiger partial charge in [-0.05, 0) is 35.9 Å². The summed E-state index contributed by atoms with van der Waals surface area (Å²) in [6, 6.07) is 17.8. The summed E-state index contributed by atoms with van der Waals surface area (Å²) >= 11 is 6.92. The molecule has 0 amide bonds. The summed E-state index contributed by atoms with van der Waals surface area (Å²) in [7, 11) is 0. The summed E-state index contributed by atoms with van der Waals surface area (Å²) in [5.41, 5.74) is 2.70. The number of pyridine rings is 1. The van der Waals surface area contributed by atoms with E-state index in [9.17, 15) is 5.11 Å². The first-order valence-electron chi connectivity index (χ1n) is 6.61. The van der Waals surface area contributed by atoms with Crippen LogP contribution in [0.15, 0.2) is 63.5 Å². The summed E-state index contributed by atoms with van der Waals surface area (Å²) in [5.74, 6) is 0. The van der Waals surface area contributed by atoms with E-state index in [4.69, 9.17) is 0 Å². The Kier molecular flexibility index (Phi) is 4.38. The zero-order valence-electron chi connectivity index (χ0n) is 11.1. The van der Waals surface area contributed by atoms with Crippen molar-refractivity contribution in [2.75, 3.05) is 0 Å². The number of benzene rings is 2. The van der Waals surface area contributed by atoms with Crippen molar-refractivity contribution in [2.24, 2.45) is 0 Å². The molecule has 0 bridgehead atoms. The molecule has 1 N–H and O–H groups in total. The van der Waals surface area contributed by atoms with E-state index in [0.29, 0.717) is 6.42 Å². The van der Waals surface area contributed by atoms with Crippen molar-refractivity contribution in [1.29, 1.82) is 0 Å². The van der Waals surface area contributed by atoms with E-state index in [1.807, 2.05) is 54.6 Å². The van der Waals surface area contributed by atoms with Crippen LogP contribution in [0, 0.1) is 0 Å². The van der Waals surface area contributed by atoms with Crippen LogP contribution >= 0.6 is 31.9 Å². The van der Waals surface area contributed by atoms with E-state index in [1.54, 1.807) is 0 Å². The molecule has 1 heterocycles. The van der Waals surface area contributed by atoms with Gasteiger partial charge < -0.3 is 5.11 Å². The summed E-state index contributed by atoms with van der Waals surface area (Å²) < 4.78 is 1.85. The number of hydrogen-bond donors (Lipinski definition) is 1. The molecule has 1 aromatic heterocycles. The molecule has 1 atom stereocenters. The Morgan fingerprint density at radius 3 is 2.67 bits per heavy atom. The summed E-state index contributed by atoms with van der Waals surface area (Å²) in [4.78, 5) is 4.61. The molecule has 0 saturated heterocycles. The molecule has 3 aromatic rings. The van der Waals surface area contributed by atoms with Crippen LogP contribution in [0.5, 0.6) is 0 Å². The van der Waals surface area contributed by atoms with Gasteiger partial charge >= 0.3 is 0 Å². The molecule has 106 valence electrons. The monoisotopic (exact) mass is 405 g/mol. The molecule has 2 nitrogen and oxygen atoms in total. The van der Waals surface area contributed by atoms with Gasteiger partial charge in [-0.1, -0.05) is 56.1 Å². The average Bonchev–Trinajstić information content (AvgIpc) is 2.49. The van der Waals surface area contributed by atoms with E-state index >= 15 is 0 Å². The quantitative estimate of drug-likeness (QED) is 0.661. The highest BCUT2D eigenvalue weighted by atomic mass is 79.9. The third-order valence-corrected chi connectivity index (χ3v) is 4.59. The van der Waals surface area contributed by atoms with Gasteiger partial charge in [0.1, 0.15) is 0 Å². The molecule has 0 aliphatic rings. The van der Waals surface area contributed by atoms with E-state index in [-0.39, 0.29) is 0 Å². The molecular weight excluding hydrogens is 394 g/mol. The lowest BCUT2D eigenvalue weighted by atomic mass is 10.0. The first-order chi connectivity index (χ1) is 10.1. The third-order valence-electron chi connectivity index (χ3n) is 3.38. The lowest BCUT2D eigenvalue weighted by Gasteiger charge is -2.13. The number of aliphatic hydroxyl groups is 1. The minimum Gasteiger partial charge on any atom is -0.388 e. The lowest BCUT2D eigenvalue weighted by molar-refractivity contribution is 0.176. The normalized spacial score (nSPS) is 12.5. The van der Waals surface area contributed by atoms with Crippen LogP contribution < -0.4 is 0 Å². The third kappa shape index (κ3) is 3.34. The fraction of sp³-hybridized carbons (Fsp3) is 0.118. The van der Waals surface area contributed by atoms with E-state index in [1.165, 1.54) is 0 Å². The molecule has 2 aromatic carbocycles. The zero-order chi connectivity index (χ0) is 14.8. The molecule has 1 unspecified atom stereocenters. The highest BCUT2D eigenvalue weighted by Gasteiger charge is 2.13. The van der Waals surface area contributed by atoms with Crippen molar-refractivity contribution in [3.63, 3.8) is 0 Å². The molecule has 0 aliphatic heterocycles. The maximum Gasteiger partial charge on any atom is 0.0856 e. The Hall–Kier alpha value is -1.23. The highest BCUT2D eigenvalue weighted by Crippen LogP contribution is 2.29. The molecule has 0 saturated carbocycles. The van der Waals surface area contributed by atoms with Crippen LogP contribution in [0.1, 0.15) is 17.4 Å². The van der Waals surface area contributed by atoms with Gasteiger partial charge in [0.2, 0.25) is 0 Å². The van der Waals surface area contributed by atoms with Crippen LogP contribution in [0.3, 0.4) is 0 Å². The largest absolute Gasteiger partial charge is 0.388 e. The fourth-order valence-corrected chi connectivity index (χ4v) is 3.19. The summed E-state index contributed by atoms with van der Waals surface area (Å²) in [5, 5.41) is 11.6. The van der Waals surface area contributed by atoms with Gasteiger partial charge in [-0.25, -0.2) is 0 Å². The van der Waals surface area contributed by atoms with Gasteiger partial charge in [0, 0.05) is 26.4 Å². The molecule has 0 aliphatic carbocycles. The molecule has 0 radical (unpaired) electrons. The van der Waals surface area contributed by atoms with Gasteiger partial charge in [-0.15, -0.1) is 0 Å². The number of nitrogens with zero attached hydrogens (tertiary/aromatic N) is 1. The van der Waals surface area contributed by atoms with Crippen LogP contribution in [0.25, 0.3) is 10.9 Å². The van der Waals surface area contributed by atoms with Crippen LogP contribution in [-0.4, -0.2) is 10.1 Å². The zero-order valence-corrected chi connectivity index (χ0v) is 14.3. The molecule has 4 heteroatoms. The highest BCUT2D eigenvalue weighted by molar-refractivity contribution is 9.11. The van der Waals surface area contributed by atoms with Gasteiger partial charge in [-0.3, -0.25) is 4.98 Å². The van der Waals surface area contributed by atoms with Crippen molar-refractivity contribution in [3.8, 4) is 0 Å². The predicted molar refractivity (Wildman–Crippen MR) is 92.2 cm³/mol. The Labute approximate surface area is 140 Å². The first kappa shape index (κ1) is 14.7.